The Bertz CT molecular complexity index is 1350. The molecule has 0 aliphatic rings. The van der Waals surface area contributed by atoms with Gasteiger partial charge in [-0.3, -0.25) is 14.6 Å². The summed E-state index contributed by atoms with van der Waals surface area (Å²) in [5, 5.41) is 5.84. The highest BCUT2D eigenvalue weighted by atomic mass is 35.5. The summed E-state index contributed by atoms with van der Waals surface area (Å²) in [4.78, 5) is 34.0. The first-order valence-electron chi connectivity index (χ1n) is 10.5. The van der Waals surface area contributed by atoms with Crippen LogP contribution in [0.25, 0.3) is 17.4 Å². The fourth-order valence-electron chi connectivity index (χ4n) is 3.24. The molecule has 4 rings (SSSR count). The lowest BCUT2D eigenvalue weighted by atomic mass is 10.1. The van der Waals surface area contributed by atoms with Gasteiger partial charge in [-0.25, -0.2) is 4.98 Å². The molecule has 0 aliphatic heterocycles. The number of hydrogen-bond acceptors (Lipinski definition) is 5. The van der Waals surface area contributed by atoms with Crippen molar-refractivity contribution in [2.45, 2.75) is 13.5 Å². The second-order valence-electron chi connectivity index (χ2n) is 7.41. The third kappa shape index (κ3) is 5.57. The number of benzene rings is 1. The third-order valence-corrected chi connectivity index (χ3v) is 5.32. The van der Waals surface area contributed by atoms with E-state index in [-0.39, 0.29) is 12.2 Å². The highest BCUT2D eigenvalue weighted by Crippen LogP contribution is 2.28. The second kappa shape index (κ2) is 10.6. The van der Waals surface area contributed by atoms with Gasteiger partial charge in [-0.05, 0) is 60.5 Å². The SMILES string of the molecule is Cc1ccccc1C(=O)N/C(=C/c1ccc(-c2cccnc2Cl)o1)C(=O)NCc1ccncc1. The molecule has 0 saturated carbocycles. The van der Waals surface area contributed by atoms with Crippen molar-refractivity contribution in [2.24, 2.45) is 0 Å². The number of carbonyl (C=O) groups excluding carboxylic acids is 2. The van der Waals surface area contributed by atoms with Gasteiger partial charge in [0.05, 0.1) is 5.56 Å². The summed E-state index contributed by atoms with van der Waals surface area (Å²) in [5.41, 5.74) is 2.80. The summed E-state index contributed by atoms with van der Waals surface area (Å²) < 4.78 is 5.86. The standard InChI is InChI=1S/C26H21ClN4O3/c1-17-5-2-3-6-20(17)25(32)31-22(26(33)30-16-18-10-13-28-14-11-18)15-19-8-9-23(34-19)21-7-4-12-29-24(21)27/h2-15H,16H2,1H3,(H,30,33)(H,31,32)/b22-15+. The van der Waals surface area contributed by atoms with Crippen LogP contribution < -0.4 is 10.6 Å². The van der Waals surface area contributed by atoms with Crippen LogP contribution in [0.2, 0.25) is 5.15 Å². The van der Waals surface area contributed by atoms with E-state index < -0.39 is 11.8 Å². The van der Waals surface area contributed by atoms with E-state index in [1.54, 1.807) is 67.1 Å². The summed E-state index contributed by atoms with van der Waals surface area (Å²) in [6.45, 7) is 2.10. The van der Waals surface area contributed by atoms with Crippen molar-refractivity contribution in [1.29, 1.82) is 0 Å². The van der Waals surface area contributed by atoms with Gasteiger partial charge in [-0.2, -0.15) is 0 Å². The molecule has 0 bridgehead atoms. The van der Waals surface area contributed by atoms with E-state index >= 15 is 0 Å². The molecule has 0 aliphatic carbocycles. The smallest absolute Gasteiger partial charge is 0.268 e. The van der Waals surface area contributed by atoms with E-state index in [9.17, 15) is 9.59 Å². The van der Waals surface area contributed by atoms with Crippen molar-refractivity contribution in [2.75, 3.05) is 0 Å². The molecule has 0 unspecified atom stereocenters. The van der Waals surface area contributed by atoms with Crippen LogP contribution >= 0.6 is 11.6 Å². The summed E-state index contributed by atoms with van der Waals surface area (Å²) in [6.07, 6.45) is 6.35. The molecule has 7 nitrogen and oxygen atoms in total. The van der Waals surface area contributed by atoms with Crippen LogP contribution in [0.5, 0.6) is 0 Å². The zero-order valence-corrected chi connectivity index (χ0v) is 19.0. The predicted molar refractivity (Wildman–Crippen MR) is 130 cm³/mol. The fourth-order valence-corrected chi connectivity index (χ4v) is 3.45. The van der Waals surface area contributed by atoms with Gasteiger partial charge >= 0.3 is 0 Å². The highest BCUT2D eigenvalue weighted by Gasteiger charge is 2.17. The number of nitrogens with one attached hydrogen (secondary N) is 2. The molecule has 0 saturated heterocycles. The van der Waals surface area contributed by atoms with Crippen LogP contribution in [0.1, 0.15) is 27.2 Å². The average molecular weight is 473 g/mol. The van der Waals surface area contributed by atoms with Gasteiger partial charge in [0.2, 0.25) is 0 Å². The van der Waals surface area contributed by atoms with Crippen molar-refractivity contribution in [3.63, 3.8) is 0 Å². The number of halogens is 1. The van der Waals surface area contributed by atoms with E-state index in [2.05, 4.69) is 20.6 Å². The first kappa shape index (κ1) is 22.9. The minimum atomic E-state index is -0.462. The molecule has 3 aromatic heterocycles. The van der Waals surface area contributed by atoms with E-state index in [0.717, 1.165) is 11.1 Å². The van der Waals surface area contributed by atoms with Crippen LogP contribution in [0.3, 0.4) is 0 Å². The minimum Gasteiger partial charge on any atom is -0.457 e. The van der Waals surface area contributed by atoms with Gasteiger partial charge in [0.15, 0.2) is 0 Å². The maximum Gasteiger partial charge on any atom is 0.268 e. The van der Waals surface area contributed by atoms with Crippen molar-refractivity contribution < 1.29 is 14.0 Å². The number of pyridine rings is 2. The summed E-state index contributed by atoms with van der Waals surface area (Å²) in [7, 11) is 0. The first-order chi connectivity index (χ1) is 16.5. The Balaban J connectivity index is 1.61. The molecular formula is C26H21ClN4O3. The van der Waals surface area contributed by atoms with Crippen LogP contribution in [-0.4, -0.2) is 21.8 Å². The molecule has 2 amide bonds. The van der Waals surface area contributed by atoms with E-state index in [0.29, 0.717) is 27.8 Å². The average Bonchev–Trinajstić information content (AvgIpc) is 3.31. The normalized spacial score (nSPS) is 11.2. The Morgan fingerprint density at radius 3 is 2.56 bits per heavy atom. The van der Waals surface area contributed by atoms with Gasteiger partial charge in [0.25, 0.3) is 11.8 Å². The Morgan fingerprint density at radius 1 is 1.00 bits per heavy atom. The van der Waals surface area contributed by atoms with Gasteiger partial charge in [0, 0.05) is 36.8 Å². The molecular weight excluding hydrogens is 452 g/mol. The van der Waals surface area contributed by atoms with Gasteiger partial charge in [0.1, 0.15) is 22.4 Å². The Kier molecular flexibility index (Phi) is 7.15. The van der Waals surface area contributed by atoms with Crippen molar-refractivity contribution in [3.05, 3.63) is 113 Å². The first-order valence-corrected chi connectivity index (χ1v) is 10.9. The van der Waals surface area contributed by atoms with Crippen molar-refractivity contribution >= 4 is 29.5 Å². The number of hydrogen-bond donors (Lipinski definition) is 2. The Labute approximate surface area is 201 Å². The lowest BCUT2D eigenvalue weighted by Gasteiger charge is -2.12. The number of carbonyl (C=O) groups is 2. The van der Waals surface area contributed by atoms with Crippen LogP contribution in [0, 0.1) is 6.92 Å². The lowest BCUT2D eigenvalue weighted by Crippen LogP contribution is -2.34. The maximum atomic E-state index is 13.0. The number of aryl methyl sites for hydroxylation is 1. The van der Waals surface area contributed by atoms with Crippen LogP contribution in [0.15, 0.2) is 89.4 Å². The van der Waals surface area contributed by atoms with Gasteiger partial charge in [-0.15, -0.1) is 0 Å². The molecule has 3 heterocycles. The molecule has 34 heavy (non-hydrogen) atoms. The third-order valence-electron chi connectivity index (χ3n) is 5.02. The lowest BCUT2D eigenvalue weighted by molar-refractivity contribution is -0.117. The fraction of sp³-hybridized carbons (Fsp3) is 0.0769. The zero-order valence-electron chi connectivity index (χ0n) is 18.3. The Morgan fingerprint density at radius 2 is 1.79 bits per heavy atom. The van der Waals surface area contributed by atoms with Gasteiger partial charge < -0.3 is 15.1 Å². The molecule has 8 heteroatoms. The molecule has 1 aromatic carbocycles. The molecule has 2 N–H and O–H groups in total. The molecule has 170 valence electrons. The number of amides is 2. The van der Waals surface area contributed by atoms with Crippen LogP contribution in [0.4, 0.5) is 0 Å². The number of aromatic nitrogens is 2. The highest BCUT2D eigenvalue weighted by molar-refractivity contribution is 6.31. The van der Waals surface area contributed by atoms with Crippen molar-refractivity contribution in [1.82, 2.24) is 20.6 Å². The summed E-state index contributed by atoms with van der Waals surface area (Å²) >= 11 is 6.16. The largest absolute Gasteiger partial charge is 0.457 e. The Hall–Kier alpha value is -4.23. The van der Waals surface area contributed by atoms with E-state index in [4.69, 9.17) is 16.0 Å². The summed E-state index contributed by atoms with van der Waals surface area (Å²) in [6, 6.07) is 17.7. The molecule has 4 aromatic rings. The quantitative estimate of drug-likeness (QED) is 0.298. The minimum absolute atomic E-state index is 0.0421. The summed E-state index contributed by atoms with van der Waals surface area (Å²) in [5.74, 6) is 0.00166. The zero-order chi connectivity index (χ0) is 23.9. The van der Waals surface area contributed by atoms with Crippen molar-refractivity contribution in [3.8, 4) is 11.3 Å². The molecule has 0 radical (unpaired) electrons. The number of rotatable bonds is 7. The monoisotopic (exact) mass is 472 g/mol. The topological polar surface area (TPSA) is 97.1 Å². The second-order valence-corrected chi connectivity index (χ2v) is 7.77. The number of furan rings is 1. The number of nitrogens with zero attached hydrogens (tertiary/aromatic N) is 2. The van der Waals surface area contributed by atoms with E-state index in [1.165, 1.54) is 6.08 Å². The van der Waals surface area contributed by atoms with Gasteiger partial charge in [-0.1, -0.05) is 29.8 Å². The van der Waals surface area contributed by atoms with Crippen LogP contribution in [-0.2, 0) is 11.3 Å². The van der Waals surface area contributed by atoms with E-state index in [1.807, 2.05) is 19.1 Å². The molecule has 0 fully saturated rings. The molecule has 0 spiro atoms. The maximum absolute atomic E-state index is 13.0. The molecule has 0 atom stereocenters. The predicted octanol–water partition coefficient (Wildman–Crippen LogP) is 4.79.